The maximum atomic E-state index is 12.9. The SMILES string of the molecule is Cc1cnc2ccc(-c3nc(C(=O)CC[C@H]4CCCO4)c(N)nc3-c3ncco3)cn12. The third kappa shape index (κ3) is 3.68. The summed E-state index contributed by atoms with van der Waals surface area (Å²) in [5.41, 5.74) is 9.71. The number of rotatable bonds is 6. The molecule has 1 aliphatic rings. The highest BCUT2D eigenvalue weighted by Crippen LogP contribution is 2.31. The number of aromatic nitrogens is 5. The molecule has 4 aromatic rings. The number of hydrogen-bond donors (Lipinski definition) is 1. The normalized spacial score (nSPS) is 16.2. The maximum absolute atomic E-state index is 12.9. The number of imidazole rings is 1. The van der Waals surface area contributed by atoms with Crippen molar-refractivity contribution in [1.29, 1.82) is 0 Å². The second kappa shape index (κ2) is 7.92. The molecule has 0 amide bonds. The summed E-state index contributed by atoms with van der Waals surface area (Å²) in [4.78, 5) is 30.6. The molecular weight excluding hydrogens is 396 g/mol. The molecule has 0 bridgehead atoms. The second-order valence-corrected chi connectivity index (χ2v) is 7.63. The van der Waals surface area contributed by atoms with Crippen LogP contribution in [0.15, 0.2) is 41.4 Å². The number of ether oxygens (including phenoxy) is 1. The van der Waals surface area contributed by atoms with Crippen molar-refractivity contribution in [3.05, 3.63) is 48.4 Å². The van der Waals surface area contributed by atoms with Gasteiger partial charge < -0.3 is 19.3 Å². The Hall–Kier alpha value is -3.59. The van der Waals surface area contributed by atoms with Crippen molar-refractivity contribution in [3.8, 4) is 22.8 Å². The summed E-state index contributed by atoms with van der Waals surface area (Å²) in [5.74, 6) is 0.199. The first-order chi connectivity index (χ1) is 15.1. The number of Topliss-reactive ketones (excluding diaryl/α,β-unsaturated/α-hetero) is 1. The number of nitrogen functional groups attached to an aromatic ring is 1. The highest BCUT2D eigenvalue weighted by atomic mass is 16.5. The molecule has 9 nitrogen and oxygen atoms in total. The van der Waals surface area contributed by atoms with Gasteiger partial charge in [0.2, 0.25) is 5.89 Å². The maximum Gasteiger partial charge on any atom is 0.247 e. The van der Waals surface area contributed by atoms with E-state index >= 15 is 0 Å². The van der Waals surface area contributed by atoms with E-state index in [1.54, 1.807) is 6.20 Å². The Morgan fingerprint density at radius 3 is 2.94 bits per heavy atom. The molecule has 5 rings (SSSR count). The fourth-order valence-corrected chi connectivity index (χ4v) is 3.87. The Morgan fingerprint density at radius 1 is 1.26 bits per heavy atom. The zero-order valence-corrected chi connectivity index (χ0v) is 17.1. The van der Waals surface area contributed by atoms with Crippen molar-refractivity contribution in [2.24, 2.45) is 0 Å². The van der Waals surface area contributed by atoms with Gasteiger partial charge in [-0.1, -0.05) is 0 Å². The molecule has 0 saturated carbocycles. The number of nitrogens with zero attached hydrogens (tertiary/aromatic N) is 5. The Bertz CT molecular complexity index is 1240. The van der Waals surface area contributed by atoms with Crippen LogP contribution in [0.3, 0.4) is 0 Å². The predicted molar refractivity (Wildman–Crippen MR) is 113 cm³/mol. The average molecular weight is 418 g/mol. The van der Waals surface area contributed by atoms with E-state index < -0.39 is 0 Å². The molecule has 1 aliphatic heterocycles. The van der Waals surface area contributed by atoms with Crippen molar-refractivity contribution in [2.45, 2.75) is 38.7 Å². The van der Waals surface area contributed by atoms with Crippen LogP contribution in [0.4, 0.5) is 5.82 Å². The Morgan fingerprint density at radius 2 is 2.16 bits per heavy atom. The average Bonchev–Trinajstić information content (AvgIpc) is 3.55. The van der Waals surface area contributed by atoms with Gasteiger partial charge in [0, 0.05) is 36.7 Å². The Kier molecular flexibility index (Phi) is 4.95. The van der Waals surface area contributed by atoms with Gasteiger partial charge in [-0.25, -0.2) is 19.9 Å². The largest absolute Gasteiger partial charge is 0.443 e. The smallest absolute Gasteiger partial charge is 0.247 e. The van der Waals surface area contributed by atoms with Crippen LogP contribution in [0.25, 0.3) is 28.5 Å². The molecule has 9 heteroatoms. The summed E-state index contributed by atoms with van der Waals surface area (Å²) in [6.45, 7) is 2.72. The lowest BCUT2D eigenvalue weighted by Crippen LogP contribution is -2.14. The first-order valence-electron chi connectivity index (χ1n) is 10.3. The quantitative estimate of drug-likeness (QED) is 0.472. The van der Waals surface area contributed by atoms with E-state index in [-0.39, 0.29) is 29.3 Å². The lowest BCUT2D eigenvalue weighted by molar-refractivity contribution is 0.0856. The van der Waals surface area contributed by atoms with Crippen molar-refractivity contribution >= 4 is 17.2 Å². The van der Waals surface area contributed by atoms with Crippen molar-refractivity contribution in [1.82, 2.24) is 24.3 Å². The molecule has 0 radical (unpaired) electrons. The number of ketones is 1. The summed E-state index contributed by atoms with van der Waals surface area (Å²) in [7, 11) is 0. The van der Waals surface area contributed by atoms with Gasteiger partial charge in [0.25, 0.3) is 0 Å². The van der Waals surface area contributed by atoms with Gasteiger partial charge in [-0.05, 0) is 38.3 Å². The third-order valence-corrected chi connectivity index (χ3v) is 5.50. The van der Waals surface area contributed by atoms with Crippen molar-refractivity contribution in [2.75, 3.05) is 12.3 Å². The van der Waals surface area contributed by atoms with Crippen LogP contribution < -0.4 is 5.73 Å². The zero-order chi connectivity index (χ0) is 21.4. The highest BCUT2D eigenvalue weighted by molar-refractivity contribution is 5.99. The van der Waals surface area contributed by atoms with E-state index in [0.717, 1.165) is 36.4 Å². The van der Waals surface area contributed by atoms with Gasteiger partial charge in [-0.2, -0.15) is 0 Å². The Labute approximate surface area is 178 Å². The lowest BCUT2D eigenvalue weighted by Gasteiger charge is -2.12. The molecule has 0 spiro atoms. The van der Waals surface area contributed by atoms with E-state index in [0.29, 0.717) is 24.2 Å². The number of carbonyl (C=O) groups excluding carboxylic acids is 1. The summed E-state index contributed by atoms with van der Waals surface area (Å²) >= 11 is 0. The molecule has 1 atom stereocenters. The van der Waals surface area contributed by atoms with Gasteiger partial charge in [-0.3, -0.25) is 4.79 Å². The van der Waals surface area contributed by atoms with Crippen LogP contribution in [0, 0.1) is 6.92 Å². The molecule has 1 saturated heterocycles. The lowest BCUT2D eigenvalue weighted by atomic mass is 10.1. The number of fused-ring (bicyclic) bond motifs is 1. The molecule has 31 heavy (non-hydrogen) atoms. The van der Waals surface area contributed by atoms with Gasteiger partial charge in [-0.15, -0.1) is 0 Å². The highest BCUT2D eigenvalue weighted by Gasteiger charge is 2.24. The van der Waals surface area contributed by atoms with E-state index in [4.69, 9.17) is 14.9 Å². The number of nitrogens with two attached hydrogens (primary N) is 1. The van der Waals surface area contributed by atoms with Crippen molar-refractivity contribution < 1.29 is 13.9 Å². The number of pyridine rings is 1. The monoisotopic (exact) mass is 418 g/mol. The number of carbonyl (C=O) groups is 1. The minimum atomic E-state index is -0.152. The molecule has 0 unspecified atom stereocenters. The van der Waals surface area contributed by atoms with E-state index in [1.165, 1.54) is 12.5 Å². The first kappa shape index (κ1) is 19.4. The van der Waals surface area contributed by atoms with Crippen LogP contribution in [-0.4, -0.2) is 42.8 Å². The van der Waals surface area contributed by atoms with Gasteiger partial charge in [0.1, 0.15) is 23.3 Å². The molecule has 2 N–H and O–H groups in total. The molecule has 4 aromatic heterocycles. The first-order valence-corrected chi connectivity index (χ1v) is 10.3. The number of hydrogen-bond acceptors (Lipinski definition) is 8. The topological polar surface area (TPSA) is 121 Å². The van der Waals surface area contributed by atoms with Gasteiger partial charge >= 0.3 is 0 Å². The van der Waals surface area contributed by atoms with Crippen LogP contribution in [0.1, 0.15) is 41.9 Å². The summed E-state index contributed by atoms with van der Waals surface area (Å²) in [5, 5.41) is 0. The Balaban J connectivity index is 1.57. The van der Waals surface area contributed by atoms with Crippen LogP contribution in [-0.2, 0) is 4.74 Å². The molecule has 0 aromatic carbocycles. The van der Waals surface area contributed by atoms with E-state index in [9.17, 15) is 4.79 Å². The summed E-state index contributed by atoms with van der Waals surface area (Å²) in [6.07, 6.45) is 9.78. The van der Waals surface area contributed by atoms with Crippen LogP contribution in [0.5, 0.6) is 0 Å². The minimum absolute atomic E-state index is 0.0641. The number of anilines is 1. The minimum Gasteiger partial charge on any atom is -0.443 e. The molecule has 0 aliphatic carbocycles. The molecule has 5 heterocycles. The fraction of sp³-hybridized carbons (Fsp3) is 0.318. The van der Waals surface area contributed by atoms with E-state index in [1.807, 2.05) is 29.7 Å². The van der Waals surface area contributed by atoms with E-state index in [2.05, 4.69) is 19.9 Å². The summed E-state index contributed by atoms with van der Waals surface area (Å²) < 4.78 is 13.0. The number of oxazole rings is 1. The van der Waals surface area contributed by atoms with Crippen LogP contribution in [0.2, 0.25) is 0 Å². The fourth-order valence-electron chi connectivity index (χ4n) is 3.87. The molecule has 158 valence electrons. The van der Waals surface area contributed by atoms with Gasteiger partial charge in [0.05, 0.1) is 12.3 Å². The predicted octanol–water partition coefficient (Wildman–Crippen LogP) is 3.48. The molecular formula is C22H22N6O3. The number of aryl methyl sites for hydroxylation is 1. The third-order valence-electron chi connectivity index (χ3n) is 5.50. The van der Waals surface area contributed by atoms with Crippen molar-refractivity contribution in [3.63, 3.8) is 0 Å². The standard InChI is InChI=1S/C22H22N6O3/c1-13-11-25-17-7-4-14(12-28(13)17)18-20(22-24-8-10-31-22)27-21(23)19(26-18)16(29)6-5-15-3-2-9-30-15/h4,7-8,10-12,15H,2-3,5-6,9H2,1H3,(H2,23,27)/t15-/m1/s1. The molecule has 1 fully saturated rings. The second-order valence-electron chi connectivity index (χ2n) is 7.63. The zero-order valence-electron chi connectivity index (χ0n) is 17.1. The van der Waals surface area contributed by atoms with Gasteiger partial charge in [0.15, 0.2) is 17.3 Å². The van der Waals surface area contributed by atoms with Crippen LogP contribution >= 0.6 is 0 Å². The summed E-state index contributed by atoms with van der Waals surface area (Å²) in [6, 6.07) is 3.77.